The molecule has 1 heterocycles. The Morgan fingerprint density at radius 2 is 1.69 bits per heavy atom. The minimum Gasteiger partial charge on any atom is -0.496 e. The molecule has 0 aromatic heterocycles. The molecule has 1 N–H and O–H groups in total. The smallest absolute Gasteiger partial charge is 0.161 e. The van der Waals surface area contributed by atoms with Crippen LogP contribution in [0.15, 0.2) is 30.3 Å². The van der Waals surface area contributed by atoms with Crippen molar-refractivity contribution >= 4 is 0 Å². The average Bonchev–Trinajstić information content (AvgIpc) is 2.80. The van der Waals surface area contributed by atoms with Gasteiger partial charge in [-0.1, -0.05) is 40.7 Å². The number of methoxy groups -OCH3 is 2. The van der Waals surface area contributed by atoms with E-state index in [-0.39, 0.29) is 11.5 Å². The van der Waals surface area contributed by atoms with E-state index in [4.69, 9.17) is 14.2 Å². The predicted octanol–water partition coefficient (Wildman–Crippen LogP) is 4.96. The summed E-state index contributed by atoms with van der Waals surface area (Å²) in [5.41, 5.74) is 5.04. The van der Waals surface area contributed by atoms with Gasteiger partial charge in [0.05, 0.1) is 20.3 Å². The number of likely N-dealkylation sites (N-methyl/N-ethyl adjacent to an activating group) is 1. The van der Waals surface area contributed by atoms with Crippen molar-refractivity contribution in [3.63, 3.8) is 0 Å². The number of benzene rings is 2. The number of fused-ring (bicyclic) bond motifs is 1. The van der Waals surface area contributed by atoms with E-state index >= 15 is 0 Å². The summed E-state index contributed by atoms with van der Waals surface area (Å²) in [6.07, 6.45) is 0.976. The fourth-order valence-electron chi connectivity index (χ4n) is 4.45. The molecule has 5 heteroatoms. The number of nitrogens with zero attached hydrogens (tertiary/aromatic N) is 1. The Hall–Kier alpha value is -2.24. The molecule has 2 aromatic carbocycles. The van der Waals surface area contributed by atoms with Gasteiger partial charge in [0.2, 0.25) is 0 Å². The van der Waals surface area contributed by atoms with Gasteiger partial charge in [-0.3, -0.25) is 0 Å². The van der Waals surface area contributed by atoms with Crippen molar-refractivity contribution in [2.24, 2.45) is 0 Å². The minimum absolute atomic E-state index is 0.00252. The van der Waals surface area contributed by atoms with E-state index in [1.165, 1.54) is 22.3 Å². The molecule has 0 bridgehead atoms. The number of hydrogen-bond donors (Lipinski definition) is 1. The van der Waals surface area contributed by atoms with Crippen LogP contribution in [0.25, 0.3) is 0 Å². The van der Waals surface area contributed by atoms with Crippen molar-refractivity contribution in [2.45, 2.75) is 52.5 Å². The topological polar surface area (TPSA) is 43.0 Å². The second-order valence-electron chi connectivity index (χ2n) is 9.42. The lowest BCUT2D eigenvalue weighted by molar-refractivity contribution is 0.217. The van der Waals surface area contributed by atoms with Crippen molar-refractivity contribution in [2.75, 3.05) is 47.0 Å². The first-order valence-electron chi connectivity index (χ1n) is 11.8. The van der Waals surface area contributed by atoms with Gasteiger partial charge < -0.3 is 24.4 Å². The molecule has 3 rings (SSSR count). The summed E-state index contributed by atoms with van der Waals surface area (Å²) in [5.74, 6) is 2.57. The SMILES string of the molecule is CCN(CC)CCOc1cc2c(cc1OC)CCNC2c1ccc(OC)c(C(C)(C)C)c1. The lowest BCUT2D eigenvalue weighted by Crippen LogP contribution is -2.31. The van der Waals surface area contributed by atoms with Crippen LogP contribution in [0.5, 0.6) is 17.2 Å². The van der Waals surface area contributed by atoms with Gasteiger partial charge in [0.25, 0.3) is 0 Å². The molecule has 1 unspecified atom stereocenters. The molecule has 0 saturated carbocycles. The normalized spacial score (nSPS) is 16.1. The van der Waals surface area contributed by atoms with Crippen LogP contribution in [0, 0.1) is 0 Å². The fraction of sp³-hybridized carbons (Fsp3) is 0.556. The summed E-state index contributed by atoms with van der Waals surface area (Å²) in [6.45, 7) is 15.6. The number of nitrogens with one attached hydrogen (secondary N) is 1. The lowest BCUT2D eigenvalue weighted by atomic mass is 9.82. The van der Waals surface area contributed by atoms with Gasteiger partial charge in [-0.2, -0.15) is 0 Å². The molecule has 2 aromatic rings. The zero-order chi connectivity index (χ0) is 23.3. The van der Waals surface area contributed by atoms with Crippen LogP contribution in [0.2, 0.25) is 0 Å². The van der Waals surface area contributed by atoms with Crippen LogP contribution in [-0.2, 0) is 11.8 Å². The van der Waals surface area contributed by atoms with E-state index < -0.39 is 0 Å². The molecular formula is C27H40N2O3. The molecule has 5 nitrogen and oxygen atoms in total. The molecule has 1 aliphatic rings. The van der Waals surface area contributed by atoms with E-state index in [1.807, 2.05) is 0 Å². The van der Waals surface area contributed by atoms with Crippen LogP contribution in [-0.4, -0.2) is 51.9 Å². The predicted molar refractivity (Wildman–Crippen MR) is 132 cm³/mol. The van der Waals surface area contributed by atoms with Crippen molar-refractivity contribution in [1.29, 1.82) is 0 Å². The zero-order valence-corrected chi connectivity index (χ0v) is 20.9. The van der Waals surface area contributed by atoms with Crippen LogP contribution in [0.1, 0.15) is 62.9 Å². The molecule has 0 aliphatic carbocycles. The van der Waals surface area contributed by atoms with Gasteiger partial charge in [0.15, 0.2) is 11.5 Å². The number of ether oxygens (including phenoxy) is 3. The molecular weight excluding hydrogens is 400 g/mol. The molecule has 0 spiro atoms. The van der Waals surface area contributed by atoms with Crippen LogP contribution >= 0.6 is 0 Å². The lowest BCUT2D eigenvalue weighted by Gasteiger charge is -2.30. The molecule has 1 atom stereocenters. The third-order valence-corrected chi connectivity index (χ3v) is 6.40. The summed E-state index contributed by atoms with van der Waals surface area (Å²) in [6, 6.07) is 11.0. The second-order valence-corrected chi connectivity index (χ2v) is 9.42. The minimum atomic E-state index is -0.00252. The highest BCUT2D eigenvalue weighted by Gasteiger charge is 2.27. The Balaban J connectivity index is 1.95. The molecule has 32 heavy (non-hydrogen) atoms. The highest BCUT2D eigenvalue weighted by Crippen LogP contribution is 2.40. The van der Waals surface area contributed by atoms with Crippen molar-refractivity contribution in [3.8, 4) is 17.2 Å². The Morgan fingerprint density at radius 3 is 2.31 bits per heavy atom. The molecule has 0 radical (unpaired) electrons. The van der Waals surface area contributed by atoms with Gasteiger partial charge in [-0.05, 0) is 71.4 Å². The quantitative estimate of drug-likeness (QED) is 0.597. The first-order chi connectivity index (χ1) is 15.3. The Labute approximate surface area is 194 Å². The molecule has 0 saturated heterocycles. The van der Waals surface area contributed by atoms with E-state index in [1.54, 1.807) is 14.2 Å². The standard InChI is InChI=1S/C27H40N2O3/c1-8-29(9-2)14-15-32-25-18-21-19(17-24(25)31-7)12-13-28-26(21)20-10-11-23(30-6)22(16-20)27(3,4)5/h10-11,16-18,26,28H,8-9,12-15H2,1-7H3. The Morgan fingerprint density at radius 1 is 0.969 bits per heavy atom. The van der Waals surface area contributed by atoms with Crippen molar-refractivity contribution in [1.82, 2.24) is 10.2 Å². The third kappa shape index (κ3) is 5.38. The van der Waals surface area contributed by atoms with Gasteiger partial charge in [0, 0.05) is 13.1 Å². The summed E-state index contributed by atoms with van der Waals surface area (Å²) < 4.78 is 17.5. The number of rotatable bonds is 9. The molecule has 176 valence electrons. The summed E-state index contributed by atoms with van der Waals surface area (Å²) in [4.78, 5) is 2.36. The van der Waals surface area contributed by atoms with Crippen LogP contribution < -0.4 is 19.5 Å². The van der Waals surface area contributed by atoms with Crippen molar-refractivity contribution < 1.29 is 14.2 Å². The largest absolute Gasteiger partial charge is 0.496 e. The highest BCUT2D eigenvalue weighted by molar-refractivity contribution is 5.53. The average molecular weight is 441 g/mol. The maximum absolute atomic E-state index is 6.21. The molecule has 0 fully saturated rings. The van der Waals surface area contributed by atoms with Crippen LogP contribution in [0.4, 0.5) is 0 Å². The van der Waals surface area contributed by atoms with E-state index in [0.717, 1.165) is 49.8 Å². The van der Waals surface area contributed by atoms with Gasteiger partial charge >= 0.3 is 0 Å². The first-order valence-corrected chi connectivity index (χ1v) is 11.8. The third-order valence-electron chi connectivity index (χ3n) is 6.40. The first kappa shape index (κ1) is 24.4. The maximum Gasteiger partial charge on any atom is 0.161 e. The summed E-state index contributed by atoms with van der Waals surface area (Å²) >= 11 is 0. The number of hydrogen-bond acceptors (Lipinski definition) is 5. The van der Waals surface area contributed by atoms with E-state index in [2.05, 4.69) is 75.2 Å². The Bertz CT molecular complexity index is 901. The van der Waals surface area contributed by atoms with E-state index in [0.29, 0.717) is 6.61 Å². The van der Waals surface area contributed by atoms with Gasteiger partial charge in [-0.25, -0.2) is 0 Å². The molecule has 0 amide bonds. The van der Waals surface area contributed by atoms with Crippen molar-refractivity contribution in [3.05, 3.63) is 52.6 Å². The van der Waals surface area contributed by atoms with Gasteiger partial charge in [0.1, 0.15) is 12.4 Å². The maximum atomic E-state index is 6.21. The summed E-state index contributed by atoms with van der Waals surface area (Å²) in [5, 5.41) is 3.72. The Kier molecular flexibility index (Phi) is 8.07. The van der Waals surface area contributed by atoms with Gasteiger partial charge in [-0.15, -0.1) is 0 Å². The summed E-state index contributed by atoms with van der Waals surface area (Å²) in [7, 11) is 3.46. The fourth-order valence-corrected chi connectivity index (χ4v) is 4.45. The highest BCUT2D eigenvalue weighted by atomic mass is 16.5. The zero-order valence-electron chi connectivity index (χ0n) is 20.9. The van der Waals surface area contributed by atoms with Crippen LogP contribution in [0.3, 0.4) is 0 Å². The monoisotopic (exact) mass is 440 g/mol. The van der Waals surface area contributed by atoms with E-state index in [9.17, 15) is 0 Å². The molecule has 1 aliphatic heterocycles. The second kappa shape index (κ2) is 10.6.